The van der Waals surface area contributed by atoms with Gasteiger partial charge in [0.15, 0.2) is 6.29 Å². The second-order valence-corrected chi connectivity index (χ2v) is 9.36. The molecule has 0 saturated carbocycles. The Morgan fingerprint density at radius 3 is 2.83 bits per heavy atom. The number of ether oxygens (including phenoxy) is 2. The Balaban J connectivity index is 2.55. The molecule has 1 aliphatic heterocycles. The topological polar surface area (TPSA) is 27.7 Å². The average molecular weight is 272 g/mol. The lowest BCUT2D eigenvalue weighted by molar-refractivity contribution is -0.141. The molecule has 4 heteroatoms. The zero-order valence-electron chi connectivity index (χ0n) is 12.3. The molecular formula is C14H28O3Si. The summed E-state index contributed by atoms with van der Waals surface area (Å²) in [5, 5.41) is 0. The van der Waals surface area contributed by atoms with Crippen LogP contribution in [0.2, 0.25) is 12.6 Å². The van der Waals surface area contributed by atoms with Crippen molar-refractivity contribution in [3.63, 3.8) is 0 Å². The van der Waals surface area contributed by atoms with Crippen molar-refractivity contribution in [2.24, 2.45) is 0 Å². The maximum absolute atomic E-state index is 6.27. The van der Waals surface area contributed by atoms with E-state index in [1.165, 1.54) is 18.9 Å². The smallest absolute Gasteiger partial charge is 0.218 e. The van der Waals surface area contributed by atoms with Crippen molar-refractivity contribution in [2.75, 3.05) is 6.61 Å². The predicted molar refractivity (Wildman–Crippen MR) is 77.0 cm³/mol. The molecule has 0 spiro atoms. The molecule has 0 amide bonds. The summed E-state index contributed by atoms with van der Waals surface area (Å²) in [5.41, 5.74) is 0.222. The minimum absolute atomic E-state index is 0.182. The Morgan fingerprint density at radius 2 is 2.28 bits per heavy atom. The van der Waals surface area contributed by atoms with Gasteiger partial charge in [-0.2, -0.15) is 0 Å². The van der Waals surface area contributed by atoms with Crippen LogP contribution in [0.4, 0.5) is 0 Å². The van der Waals surface area contributed by atoms with E-state index in [4.69, 9.17) is 13.9 Å². The Bertz CT molecular complexity index is 259. The van der Waals surface area contributed by atoms with E-state index in [0.717, 1.165) is 6.42 Å². The van der Waals surface area contributed by atoms with Crippen LogP contribution in [-0.4, -0.2) is 33.0 Å². The molecule has 1 saturated heterocycles. The Labute approximate surface area is 113 Å². The third-order valence-electron chi connectivity index (χ3n) is 3.61. The van der Waals surface area contributed by atoms with Crippen LogP contribution in [-0.2, 0) is 13.9 Å². The largest absolute Gasteiger partial charge is 0.412 e. The van der Waals surface area contributed by atoms with Crippen LogP contribution in [0.5, 0.6) is 0 Å². The molecule has 1 rings (SSSR count). The lowest BCUT2D eigenvalue weighted by Crippen LogP contribution is -2.53. The molecule has 106 valence electrons. The molecule has 0 aromatic heterocycles. The molecule has 0 aromatic rings. The van der Waals surface area contributed by atoms with Gasteiger partial charge in [0.1, 0.15) is 0 Å². The second kappa shape index (κ2) is 7.43. The second-order valence-electron chi connectivity index (χ2n) is 5.36. The van der Waals surface area contributed by atoms with E-state index in [2.05, 4.69) is 27.0 Å². The Morgan fingerprint density at radius 1 is 1.56 bits per heavy atom. The molecular weight excluding hydrogens is 244 g/mol. The van der Waals surface area contributed by atoms with Crippen molar-refractivity contribution >= 4 is 8.32 Å². The van der Waals surface area contributed by atoms with Crippen LogP contribution >= 0.6 is 0 Å². The highest BCUT2D eigenvalue weighted by Crippen LogP contribution is 2.31. The fourth-order valence-electron chi connectivity index (χ4n) is 2.70. The van der Waals surface area contributed by atoms with Gasteiger partial charge in [-0.3, -0.25) is 0 Å². The zero-order chi connectivity index (χ0) is 13.6. The van der Waals surface area contributed by atoms with Gasteiger partial charge < -0.3 is 13.9 Å². The van der Waals surface area contributed by atoms with Gasteiger partial charge in [0.05, 0.1) is 12.3 Å². The van der Waals surface area contributed by atoms with Crippen molar-refractivity contribution in [1.29, 1.82) is 0 Å². The molecule has 0 aromatic carbocycles. The van der Waals surface area contributed by atoms with Crippen molar-refractivity contribution in [2.45, 2.75) is 70.7 Å². The van der Waals surface area contributed by atoms with E-state index in [1.54, 1.807) is 6.08 Å². The summed E-state index contributed by atoms with van der Waals surface area (Å²) in [4.78, 5) is 0. The van der Waals surface area contributed by atoms with Crippen LogP contribution in [0.1, 0.15) is 40.0 Å². The third kappa shape index (κ3) is 4.50. The normalized spacial score (nSPS) is 31.9. The molecule has 1 heterocycles. The molecule has 0 aliphatic carbocycles. The van der Waals surface area contributed by atoms with E-state index >= 15 is 0 Å². The van der Waals surface area contributed by atoms with Gasteiger partial charge in [-0.1, -0.05) is 19.4 Å². The SMILES string of the molecule is C=CCOC(C)OC(CC)[Si]1(C)CCCC(C)O1. The van der Waals surface area contributed by atoms with E-state index in [-0.39, 0.29) is 12.0 Å². The maximum Gasteiger partial charge on any atom is 0.218 e. The summed E-state index contributed by atoms with van der Waals surface area (Å²) in [6.45, 7) is 12.8. The predicted octanol–water partition coefficient (Wildman–Crippen LogP) is 3.64. The molecule has 0 bridgehead atoms. The van der Waals surface area contributed by atoms with E-state index < -0.39 is 8.32 Å². The van der Waals surface area contributed by atoms with Crippen LogP contribution in [0.15, 0.2) is 12.7 Å². The van der Waals surface area contributed by atoms with Gasteiger partial charge in [0.2, 0.25) is 8.32 Å². The highest BCUT2D eigenvalue weighted by atomic mass is 28.4. The summed E-state index contributed by atoms with van der Waals surface area (Å²) in [6, 6.07) is 1.20. The van der Waals surface area contributed by atoms with Crippen LogP contribution in [0.25, 0.3) is 0 Å². The third-order valence-corrected chi connectivity index (χ3v) is 7.80. The molecule has 0 radical (unpaired) electrons. The van der Waals surface area contributed by atoms with E-state index in [0.29, 0.717) is 12.7 Å². The fourth-order valence-corrected chi connectivity index (χ4v) is 6.58. The van der Waals surface area contributed by atoms with Gasteiger partial charge in [-0.05, 0) is 39.3 Å². The Kier molecular flexibility index (Phi) is 6.56. The first-order chi connectivity index (χ1) is 8.51. The van der Waals surface area contributed by atoms with Crippen molar-refractivity contribution in [3.8, 4) is 0 Å². The first kappa shape index (κ1) is 15.9. The van der Waals surface area contributed by atoms with Crippen molar-refractivity contribution in [3.05, 3.63) is 12.7 Å². The molecule has 4 atom stereocenters. The van der Waals surface area contributed by atoms with Crippen LogP contribution in [0, 0.1) is 0 Å². The summed E-state index contributed by atoms with van der Waals surface area (Å²) >= 11 is 0. The molecule has 3 nitrogen and oxygen atoms in total. The minimum Gasteiger partial charge on any atom is -0.412 e. The number of hydrogen-bond acceptors (Lipinski definition) is 3. The maximum atomic E-state index is 6.27. The van der Waals surface area contributed by atoms with E-state index in [9.17, 15) is 0 Å². The lowest BCUT2D eigenvalue weighted by atomic mass is 10.2. The summed E-state index contributed by atoms with van der Waals surface area (Å²) in [7, 11) is -1.76. The summed E-state index contributed by atoms with van der Waals surface area (Å²) in [5.74, 6) is 0. The standard InChI is InChI=1S/C14H28O3Si/c1-6-10-15-13(4)16-14(7-2)18(5)11-8-9-12(3)17-18/h6,12-14H,1,7-11H2,2-5H3. The monoisotopic (exact) mass is 272 g/mol. The lowest BCUT2D eigenvalue weighted by Gasteiger charge is -2.41. The van der Waals surface area contributed by atoms with Gasteiger partial charge in [-0.25, -0.2) is 0 Å². The molecule has 1 fully saturated rings. The van der Waals surface area contributed by atoms with Crippen molar-refractivity contribution < 1.29 is 13.9 Å². The van der Waals surface area contributed by atoms with Gasteiger partial charge in [0, 0.05) is 6.10 Å². The van der Waals surface area contributed by atoms with Crippen LogP contribution in [0.3, 0.4) is 0 Å². The number of hydrogen-bond donors (Lipinski definition) is 0. The molecule has 18 heavy (non-hydrogen) atoms. The first-order valence-corrected chi connectivity index (χ1v) is 9.77. The quantitative estimate of drug-likeness (QED) is 0.402. The fraction of sp³-hybridized carbons (Fsp3) is 0.857. The van der Waals surface area contributed by atoms with Gasteiger partial charge >= 0.3 is 0 Å². The van der Waals surface area contributed by atoms with Gasteiger partial charge in [0.25, 0.3) is 0 Å². The molecule has 0 N–H and O–H groups in total. The zero-order valence-corrected chi connectivity index (χ0v) is 13.3. The average Bonchev–Trinajstić information content (AvgIpc) is 2.32. The molecule has 1 aliphatic rings. The van der Waals surface area contributed by atoms with Crippen LogP contribution < -0.4 is 0 Å². The summed E-state index contributed by atoms with van der Waals surface area (Å²) < 4.78 is 17.8. The van der Waals surface area contributed by atoms with Gasteiger partial charge in [-0.15, -0.1) is 6.58 Å². The van der Waals surface area contributed by atoms with E-state index in [1.807, 2.05) is 6.92 Å². The highest BCUT2D eigenvalue weighted by molar-refractivity contribution is 6.74. The minimum atomic E-state index is -1.76. The molecule has 4 unspecified atom stereocenters. The highest BCUT2D eigenvalue weighted by Gasteiger charge is 2.42. The number of rotatable bonds is 7. The first-order valence-electron chi connectivity index (χ1n) is 7.07. The summed E-state index contributed by atoms with van der Waals surface area (Å²) in [6.07, 6.45) is 5.40. The Hall–Kier alpha value is -0.163. The van der Waals surface area contributed by atoms with Crippen molar-refractivity contribution in [1.82, 2.24) is 0 Å².